The maximum atomic E-state index is 11.3. The number of hydrogen-bond donors (Lipinski definition) is 0. The van der Waals surface area contributed by atoms with Crippen molar-refractivity contribution in [3.8, 4) is 17.2 Å². The van der Waals surface area contributed by atoms with Gasteiger partial charge in [-0.05, 0) is 6.92 Å². The monoisotopic (exact) mass is 298 g/mol. The number of nitrogens with zero attached hydrogens (tertiary/aromatic N) is 2. The molecule has 0 radical (unpaired) electrons. The maximum absolute atomic E-state index is 11.3. The third kappa shape index (κ3) is 3.02. The Bertz CT molecular complexity index is 610. The fourth-order valence-corrected chi connectivity index (χ4v) is 1.97. The highest BCUT2D eigenvalue weighted by molar-refractivity contribution is 5.78. The number of nitro benzene ring substituents is 1. The zero-order valence-corrected chi connectivity index (χ0v) is 11.9. The van der Waals surface area contributed by atoms with Crippen molar-refractivity contribution in [2.75, 3.05) is 21.3 Å². The summed E-state index contributed by atoms with van der Waals surface area (Å²) < 4.78 is 15.3. The molecule has 1 aromatic rings. The molecule has 9 nitrogen and oxygen atoms in total. The summed E-state index contributed by atoms with van der Waals surface area (Å²) in [4.78, 5) is 20.3. The molecule has 0 unspecified atom stereocenters. The molecule has 0 N–H and O–H groups in total. The highest BCUT2D eigenvalue weighted by Gasteiger charge is 2.31. The molecule has 0 saturated heterocycles. The van der Waals surface area contributed by atoms with E-state index in [4.69, 9.17) is 14.2 Å². The number of methoxy groups -OCH3 is 3. The molecule has 1 rings (SSSR count). The first-order valence-electron chi connectivity index (χ1n) is 5.67. The molecular weight excluding hydrogens is 284 g/mol. The molecule has 0 fully saturated rings. The fraction of sp³-hybridized carbons (Fsp3) is 0.333. The van der Waals surface area contributed by atoms with Gasteiger partial charge in [-0.15, -0.1) is 0 Å². The molecule has 0 aliphatic rings. The number of ether oxygens (including phenoxy) is 3. The number of nitro groups is 2. The van der Waals surface area contributed by atoms with Gasteiger partial charge < -0.3 is 14.2 Å². The Morgan fingerprint density at radius 3 is 1.86 bits per heavy atom. The normalized spacial score (nSPS) is 10.5. The first kappa shape index (κ1) is 16.2. The zero-order chi connectivity index (χ0) is 16.2. The van der Waals surface area contributed by atoms with Crippen molar-refractivity contribution >= 4 is 11.8 Å². The standard InChI is InChI=1S/C12H14N2O7/c1-7-10(19-2)9(14(17)18)8(5-6-13(15)16)12(21-4)11(7)20-3/h5-6H,1-4H3. The van der Waals surface area contributed by atoms with Crippen molar-refractivity contribution in [1.29, 1.82) is 0 Å². The third-order valence-electron chi connectivity index (χ3n) is 2.76. The molecule has 21 heavy (non-hydrogen) atoms. The van der Waals surface area contributed by atoms with Gasteiger partial charge in [-0.3, -0.25) is 20.2 Å². The van der Waals surface area contributed by atoms with Crippen LogP contribution in [0.5, 0.6) is 17.2 Å². The molecule has 0 aromatic heterocycles. The SMILES string of the molecule is COc1c(C)c(OC)c([N+](=O)[O-])c(C=C[N+](=O)[O-])c1OC. The van der Waals surface area contributed by atoms with Crippen molar-refractivity contribution in [3.05, 3.63) is 37.6 Å². The van der Waals surface area contributed by atoms with E-state index in [2.05, 4.69) is 0 Å². The second kappa shape index (κ2) is 6.55. The molecule has 9 heteroatoms. The summed E-state index contributed by atoms with van der Waals surface area (Å²) in [5.74, 6) is 0.198. The van der Waals surface area contributed by atoms with Crippen LogP contribution in [0.15, 0.2) is 6.20 Å². The lowest BCUT2D eigenvalue weighted by Crippen LogP contribution is -2.04. The molecule has 0 bridgehead atoms. The van der Waals surface area contributed by atoms with Crippen LogP contribution in [0.3, 0.4) is 0 Å². The Labute approximate surface area is 120 Å². The van der Waals surface area contributed by atoms with Crippen LogP contribution in [0.2, 0.25) is 0 Å². The van der Waals surface area contributed by atoms with Gasteiger partial charge in [0.25, 0.3) is 0 Å². The second-order valence-electron chi connectivity index (χ2n) is 3.85. The fourth-order valence-electron chi connectivity index (χ4n) is 1.97. The predicted octanol–water partition coefficient (Wildman–Crippen LogP) is 2.18. The Hall–Kier alpha value is -2.84. The highest BCUT2D eigenvalue weighted by Crippen LogP contribution is 2.48. The number of hydrogen-bond acceptors (Lipinski definition) is 7. The van der Waals surface area contributed by atoms with Crippen LogP contribution < -0.4 is 14.2 Å². The van der Waals surface area contributed by atoms with Crippen molar-refractivity contribution < 1.29 is 24.1 Å². The van der Waals surface area contributed by atoms with Crippen LogP contribution >= 0.6 is 0 Å². The molecule has 0 amide bonds. The molecule has 0 atom stereocenters. The van der Waals surface area contributed by atoms with Crippen molar-refractivity contribution in [1.82, 2.24) is 0 Å². The first-order valence-corrected chi connectivity index (χ1v) is 5.67. The molecule has 1 aromatic carbocycles. The van der Waals surface area contributed by atoms with Crippen LogP contribution in [-0.4, -0.2) is 31.2 Å². The molecule has 114 valence electrons. The lowest BCUT2D eigenvalue weighted by Gasteiger charge is -2.16. The van der Waals surface area contributed by atoms with Gasteiger partial charge >= 0.3 is 5.69 Å². The lowest BCUT2D eigenvalue weighted by molar-refractivity contribution is -0.401. The molecule has 0 spiro atoms. The van der Waals surface area contributed by atoms with Crippen LogP contribution in [0, 0.1) is 27.2 Å². The van der Waals surface area contributed by atoms with Gasteiger partial charge in [0.15, 0.2) is 11.5 Å². The highest BCUT2D eigenvalue weighted by atomic mass is 16.6. The van der Waals surface area contributed by atoms with Crippen LogP contribution in [0.25, 0.3) is 6.08 Å². The Kier molecular flexibility index (Phi) is 5.06. The van der Waals surface area contributed by atoms with E-state index < -0.39 is 15.5 Å². The number of rotatable bonds is 6. The van der Waals surface area contributed by atoms with E-state index in [0.717, 1.165) is 6.08 Å². The maximum Gasteiger partial charge on any atom is 0.322 e. The van der Waals surface area contributed by atoms with Gasteiger partial charge in [0.2, 0.25) is 11.9 Å². The molecular formula is C12H14N2O7. The zero-order valence-electron chi connectivity index (χ0n) is 11.9. The summed E-state index contributed by atoms with van der Waals surface area (Å²) >= 11 is 0. The minimum atomic E-state index is -0.734. The summed E-state index contributed by atoms with van der Waals surface area (Å²) in [6.45, 7) is 1.56. The van der Waals surface area contributed by atoms with E-state index in [0.29, 0.717) is 11.8 Å². The molecule has 0 saturated carbocycles. The quantitative estimate of drug-likeness (QED) is 0.584. The molecule has 0 aliphatic heterocycles. The van der Waals surface area contributed by atoms with Gasteiger partial charge in [0, 0.05) is 11.6 Å². The van der Waals surface area contributed by atoms with E-state index in [-0.39, 0.29) is 22.8 Å². The Morgan fingerprint density at radius 2 is 1.48 bits per heavy atom. The lowest BCUT2D eigenvalue weighted by atomic mass is 10.0. The van der Waals surface area contributed by atoms with Crippen LogP contribution in [-0.2, 0) is 0 Å². The van der Waals surface area contributed by atoms with E-state index in [9.17, 15) is 20.2 Å². The van der Waals surface area contributed by atoms with Gasteiger partial charge in [0.1, 0.15) is 5.56 Å². The molecule has 0 heterocycles. The predicted molar refractivity (Wildman–Crippen MR) is 73.5 cm³/mol. The van der Waals surface area contributed by atoms with E-state index >= 15 is 0 Å². The number of benzene rings is 1. The minimum absolute atomic E-state index is 0.0283. The average Bonchev–Trinajstić information content (AvgIpc) is 2.43. The van der Waals surface area contributed by atoms with Crippen molar-refractivity contribution in [2.24, 2.45) is 0 Å². The molecule has 0 aliphatic carbocycles. The summed E-state index contributed by atoms with van der Waals surface area (Å²) in [5.41, 5.74) is -0.161. The van der Waals surface area contributed by atoms with Crippen LogP contribution in [0.1, 0.15) is 11.1 Å². The summed E-state index contributed by atoms with van der Waals surface area (Å²) in [6.07, 6.45) is 1.56. The second-order valence-corrected chi connectivity index (χ2v) is 3.85. The minimum Gasteiger partial charge on any atom is -0.492 e. The largest absolute Gasteiger partial charge is 0.492 e. The summed E-state index contributed by atoms with van der Waals surface area (Å²) in [7, 11) is 3.91. The van der Waals surface area contributed by atoms with Crippen LogP contribution in [0.4, 0.5) is 5.69 Å². The van der Waals surface area contributed by atoms with Gasteiger partial charge in [-0.2, -0.15) is 0 Å². The first-order chi connectivity index (χ1) is 9.88. The van der Waals surface area contributed by atoms with Gasteiger partial charge in [0.05, 0.1) is 31.2 Å². The van der Waals surface area contributed by atoms with Crippen molar-refractivity contribution in [2.45, 2.75) is 6.92 Å². The van der Waals surface area contributed by atoms with Gasteiger partial charge in [-0.25, -0.2) is 0 Å². The van der Waals surface area contributed by atoms with E-state index in [1.807, 2.05) is 0 Å². The van der Waals surface area contributed by atoms with Crippen molar-refractivity contribution in [3.63, 3.8) is 0 Å². The van der Waals surface area contributed by atoms with E-state index in [1.165, 1.54) is 21.3 Å². The van der Waals surface area contributed by atoms with E-state index in [1.54, 1.807) is 6.92 Å². The topological polar surface area (TPSA) is 114 Å². The Balaban J connectivity index is 3.85. The smallest absolute Gasteiger partial charge is 0.322 e. The van der Waals surface area contributed by atoms with Gasteiger partial charge in [-0.1, -0.05) is 0 Å². The average molecular weight is 298 g/mol. The third-order valence-corrected chi connectivity index (χ3v) is 2.76. The summed E-state index contributed by atoms with van der Waals surface area (Å²) in [5, 5.41) is 21.8. The summed E-state index contributed by atoms with van der Waals surface area (Å²) in [6, 6.07) is 0. The Morgan fingerprint density at radius 1 is 0.952 bits per heavy atom.